The van der Waals surface area contributed by atoms with E-state index in [1.54, 1.807) is 14.2 Å². The third kappa shape index (κ3) is 5.59. The second kappa shape index (κ2) is 10.7. The van der Waals surface area contributed by atoms with Crippen LogP contribution in [0.4, 0.5) is 0 Å². The van der Waals surface area contributed by atoms with E-state index in [1.807, 2.05) is 0 Å². The largest absolute Gasteiger partial charge is 0.493 e. The Bertz CT molecular complexity index is 866. The molecule has 1 aliphatic heterocycles. The molecule has 5 heteroatoms. The lowest BCUT2D eigenvalue weighted by Gasteiger charge is -2.39. The molecule has 31 heavy (non-hydrogen) atoms. The summed E-state index contributed by atoms with van der Waals surface area (Å²) in [6.45, 7) is 8.27. The summed E-state index contributed by atoms with van der Waals surface area (Å²) in [5, 5.41) is 3.36. The molecule has 0 bridgehead atoms. The first kappa shape index (κ1) is 23.1. The molecule has 3 atom stereocenters. The standard InChI is InChI=1S/C26H36N2O3/c1-6-22(27-25(29)14-18(2)3)26-21-16-24(31-5)23(30-4)15-20(21)12-13-28(26)17-19-10-8-7-9-11-19/h7-11,15-16,18,22,26H,6,12-14,17H2,1-5H3,(H,27,29)/p+1/t22-,26-/m1/s1. The Labute approximate surface area is 186 Å². The van der Waals surface area contributed by atoms with E-state index in [0.717, 1.165) is 37.4 Å². The topological polar surface area (TPSA) is 52.0 Å². The predicted octanol–water partition coefficient (Wildman–Crippen LogP) is 3.33. The predicted molar refractivity (Wildman–Crippen MR) is 124 cm³/mol. The van der Waals surface area contributed by atoms with E-state index in [-0.39, 0.29) is 18.0 Å². The number of hydrogen-bond donors (Lipinski definition) is 2. The number of carbonyl (C=O) groups excluding carboxylic acids is 1. The van der Waals surface area contributed by atoms with Gasteiger partial charge in [-0.15, -0.1) is 0 Å². The molecule has 0 aromatic heterocycles. The van der Waals surface area contributed by atoms with Gasteiger partial charge in [0, 0.05) is 24.0 Å². The molecule has 0 fully saturated rings. The van der Waals surface area contributed by atoms with Gasteiger partial charge in [-0.3, -0.25) is 4.79 Å². The molecule has 2 N–H and O–H groups in total. The summed E-state index contributed by atoms with van der Waals surface area (Å²) in [5.74, 6) is 1.99. The highest BCUT2D eigenvalue weighted by Crippen LogP contribution is 2.35. The maximum atomic E-state index is 12.7. The highest BCUT2D eigenvalue weighted by Gasteiger charge is 2.38. The third-order valence-electron chi connectivity index (χ3n) is 6.19. The van der Waals surface area contributed by atoms with Crippen LogP contribution in [0.25, 0.3) is 0 Å². The molecule has 0 aliphatic carbocycles. The first-order valence-corrected chi connectivity index (χ1v) is 11.4. The van der Waals surface area contributed by atoms with Gasteiger partial charge in [0.15, 0.2) is 11.5 Å². The van der Waals surface area contributed by atoms with Gasteiger partial charge in [0.1, 0.15) is 12.6 Å². The average Bonchev–Trinajstić information content (AvgIpc) is 2.76. The van der Waals surface area contributed by atoms with Crippen LogP contribution in [0.5, 0.6) is 11.5 Å². The first-order valence-electron chi connectivity index (χ1n) is 11.4. The van der Waals surface area contributed by atoms with Gasteiger partial charge in [-0.2, -0.15) is 0 Å². The number of benzene rings is 2. The number of methoxy groups -OCH3 is 2. The molecular formula is C26H37N2O3+. The smallest absolute Gasteiger partial charge is 0.220 e. The first-order chi connectivity index (χ1) is 15.0. The van der Waals surface area contributed by atoms with E-state index in [0.29, 0.717) is 12.3 Å². The van der Waals surface area contributed by atoms with E-state index < -0.39 is 0 Å². The fourth-order valence-corrected chi connectivity index (χ4v) is 4.73. The number of carbonyl (C=O) groups is 1. The van der Waals surface area contributed by atoms with Gasteiger partial charge in [0.05, 0.1) is 26.8 Å². The maximum absolute atomic E-state index is 12.7. The van der Waals surface area contributed by atoms with Gasteiger partial charge < -0.3 is 19.7 Å². The molecule has 1 amide bonds. The molecule has 2 aromatic rings. The van der Waals surface area contributed by atoms with Crippen LogP contribution in [-0.2, 0) is 17.8 Å². The van der Waals surface area contributed by atoms with Crippen LogP contribution >= 0.6 is 0 Å². The van der Waals surface area contributed by atoms with E-state index >= 15 is 0 Å². The van der Waals surface area contributed by atoms with Gasteiger partial charge in [-0.05, 0) is 30.0 Å². The summed E-state index contributed by atoms with van der Waals surface area (Å²) in [5.41, 5.74) is 3.86. The molecule has 0 radical (unpaired) electrons. The number of ether oxygens (including phenoxy) is 2. The highest BCUT2D eigenvalue weighted by molar-refractivity contribution is 5.76. The molecule has 168 valence electrons. The molecule has 2 aromatic carbocycles. The van der Waals surface area contributed by atoms with Crippen molar-refractivity contribution in [1.29, 1.82) is 0 Å². The van der Waals surface area contributed by atoms with Crippen molar-refractivity contribution in [2.75, 3.05) is 20.8 Å². The van der Waals surface area contributed by atoms with E-state index in [1.165, 1.54) is 21.6 Å². The number of amides is 1. The van der Waals surface area contributed by atoms with Crippen molar-refractivity contribution in [3.8, 4) is 11.5 Å². The van der Waals surface area contributed by atoms with Crippen molar-refractivity contribution in [2.45, 2.75) is 58.7 Å². The number of hydrogen-bond acceptors (Lipinski definition) is 3. The number of nitrogens with one attached hydrogen (secondary N) is 2. The summed E-state index contributed by atoms with van der Waals surface area (Å²) in [6, 6.07) is 15.1. The minimum absolute atomic E-state index is 0.0575. The van der Waals surface area contributed by atoms with Gasteiger partial charge in [0.25, 0.3) is 0 Å². The quantitative estimate of drug-likeness (QED) is 0.648. The summed E-state index contributed by atoms with van der Waals surface area (Å²) in [6.07, 6.45) is 2.40. The summed E-state index contributed by atoms with van der Waals surface area (Å²) in [4.78, 5) is 14.2. The normalized spacial score (nSPS) is 18.9. The number of rotatable bonds is 9. The third-order valence-corrected chi connectivity index (χ3v) is 6.19. The number of fused-ring (bicyclic) bond motifs is 1. The Morgan fingerprint density at radius 1 is 1.13 bits per heavy atom. The zero-order valence-electron chi connectivity index (χ0n) is 19.5. The molecule has 0 saturated heterocycles. The molecule has 1 heterocycles. The maximum Gasteiger partial charge on any atom is 0.220 e. The van der Waals surface area contributed by atoms with E-state index in [9.17, 15) is 4.79 Å². The second-order valence-corrected chi connectivity index (χ2v) is 8.88. The fourth-order valence-electron chi connectivity index (χ4n) is 4.73. The molecule has 0 spiro atoms. The Hall–Kier alpha value is -2.53. The van der Waals surface area contributed by atoms with Crippen LogP contribution in [0.2, 0.25) is 0 Å². The van der Waals surface area contributed by atoms with Crippen LogP contribution in [0.1, 0.15) is 56.3 Å². The van der Waals surface area contributed by atoms with Crippen molar-refractivity contribution in [3.63, 3.8) is 0 Å². The van der Waals surface area contributed by atoms with Crippen molar-refractivity contribution in [2.24, 2.45) is 5.92 Å². The highest BCUT2D eigenvalue weighted by atomic mass is 16.5. The van der Waals surface area contributed by atoms with E-state index in [2.05, 4.69) is 68.6 Å². The van der Waals surface area contributed by atoms with Crippen molar-refractivity contribution >= 4 is 5.91 Å². The molecule has 0 saturated carbocycles. The number of quaternary nitrogens is 1. The van der Waals surface area contributed by atoms with Crippen LogP contribution < -0.4 is 19.7 Å². The SMILES string of the molecule is CC[C@@H](NC(=O)CC(C)C)[C@H]1c2cc(OC)c(OC)cc2CC[NH+]1Cc1ccccc1. The minimum atomic E-state index is 0.0575. The lowest BCUT2D eigenvalue weighted by atomic mass is 9.86. The molecule has 5 nitrogen and oxygen atoms in total. The Morgan fingerprint density at radius 3 is 2.42 bits per heavy atom. The molecule has 1 unspecified atom stereocenters. The van der Waals surface area contributed by atoms with E-state index in [4.69, 9.17) is 9.47 Å². The van der Waals surface area contributed by atoms with Crippen LogP contribution in [0.15, 0.2) is 42.5 Å². The van der Waals surface area contributed by atoms with Gasteiger partial charge in [-0.1, -0.05) is 51.1 Å². The van der Waals surface area contributed by atoms with Crippen molar-refractivity contribution in [1.82, 2.24) is 5.32 Å². The zero-order chi connectivity index (χ0) is 22.4. The minimum Gasteiger partial charge on any atom is -0.493 e. The summed E-state index contributed by atoms with van der Waals surface area (Å²) < 4.78 is 11.2. The van der Waals surface area contributed by atoms with Gasteiger partial charge >= 0.3 is 0 Å². The van der Waals surface area contributed by atoms with Gasteiger partial charge in [0.2, 0.25) is 5.91 Å². The summed E-state index contributed by atoms with van der Waals surface area (Å²) in [7, 11) is 3.36. The van der Waals surface area contributed by atoms with Crippen molar-refractivity contribution in [3.05, 3.63) is 59.2 Å². The zero-order valence-corrected chi connectivity index (χ0v) is 19.5. The van der Waals surface area contributed by atoms with Crippen LogP contribution in [0.3, 0.4) is 0 Å². The second-order valence-electron chi connectivity index (χ2n) is 8.88. The van der Waals surface area contributed by atoms with Crippen LogP contribution in [-0.4, -0.2) is 32.7 Å². The molecule has 3 rings (SSSR count). The van der Waals surface area contributed by atoms with Gasteiger partial charge in [-0.25, -0.2) is 0 Å². The molecular weight excluding hydrogens is 388 g/mol. The monoisotopic (exact) mass is 425 g/mol. The van der Waals surface area contributed by atoms with Crippen LogP contribution in [0, 0.1) is 5.92 Å². The lowest BCUT2D eigenvalue weighted by Crippen LogP contribution is -3.13. The fraction of sp³-hybridized carbons (Fsp3) is 0.500. The average molecular weight is 426 g/mol. The molecule has 1 aliphatic rings. The summed E-state index contributed by atoms with van der Waals surface area (Å²) >= 11 is 0. The Balaban J connectivity index is 1.99. The Morgan fingerprint density at radius 2 is 1.81 bits per heavy atom. The van der Waals surface area contributed by atoms with Crippen molar-refractivity contribution < 1.29 is 19.2 Å². The Kier molecular flexibility index (Phi) is 7.97. The lowest BCUT2D eigenvalue weighted by molar-refractivity contribution is -0.948.